The van der Waals surface area contributed by atoms with Gasteiger partial charge in [0.2, 0.25) is 5.89 Å². The van der Waals surface area contributed by atoms with Crippen LogP contribution in [0.5, 0.6) is 5.75 Å². The van der Waals surface area contributed by atoms with E-state index in [2.05, 4.69) is 16.0 Å². The maximum atomic E-state index is 12.6. The van der Waals surface area contributed by atoms with Crippen LogP contribution >= 0.6 is 0 Å². The van der Waals surface area contributed by atoms with Crippen molar-refractivity contribution in [3.8, 4) is 5.75 Å². The van der Waals surface area contributed by atoms with Gasteiger partial charge in [0.1, 0.15) is 12.0 Å². The van der Waals surface area contributed by atoms with Gasteiger partial charge in [0, 0.05) is 31.2 Å². The van der Waals surface area contributed by atoms with Crippen LogP contribution in [0.1, 0.15) is 54.0 Å². The van der Waals surface area contributed by atoms with E-state index in [0.717, 1.165) is 43.8 Å². The van der Waals surface area contributed by atoms with Crippen LogP contribution < -0.4 is 4.74 Å². The van der Waals surface area contributed by atoms with Crippen molar-refractivity contribution in [1.29, 1.82) is 0 Å². The molecule has 2 aromatic rings. The number of hydrogen-bond donors (Lipinski definition) is 0. The monoisotopic (exact) mass is 369 g/mol. The number of rotatable bonds is 7. The maximum Gasteiger partial charge on any atom is 0.275 e. The summed E-state index contributed by atoms with van der Waals surface area (Å²) in [5.41, 5.74) is 1.59. The highest BCUT2D eigenvalue weighted by molar-refractivity contribution is 5.92. The summed E-state index contributed by atoms with van der Waals surface area (Å²) in [4.78, 5) is 21.3. The quantitative estimate of drug-likeness (QED) is 0.748. The molecule has 6 nitrogen and oxygen atoms in total. The van der Waals surface area contributed by atoms with E-state index in [4.69, 9.17) is 9.15 Å². The van der Waals surface area contributed by atoms with E-state index >= 15 is 0 Å². The molecular weight excluding hydrogens is 342 g/mol. The standard InChI is InChI=1S/C21H27N3O3/c1-26-19-8-4-3-7-16(19)13-24(17-9-10-17)14-20-22-18(15-27-20)21(25)23-11-5-2-6-12-23/h3-4,7-8,15,17H,2,5-6,9-14H2,1H3. The molecule has 0 unspecified atom stereocenters. The lowest BCUT2D eigenvalue weighted by Crippen LogP contribution is -2.35. The Labute approximate surface area is 160 Å². The van der Waals surface area contributed by atoms with E-state index in [0.29, 0.717) is 24.2 Å². The van der Waals surface area contributed by atoms with Crippen molar-refractivity contribution in [2.45, 2.75) is 51.2 Å². The molecule has 2 heterocycles. The number of benzene rings is 1. The summed E-state index contributed by atoms with van der Waals surface area (Å²) in [6, 6.07) is 8.64. The number of nitrogens with zero attached hydrogens (tertiary/aromatic N) is 3. The van der Waals surface area contributed by atoms with Crippen molar-refractivity contribution in [1.82, 2.24) is 14.8 Å². The Bertz CT molecular complexity index is 778. The van der Waals surface area contributed by atoms with Crippen LogP contribution in [0.3, 0.4) is 0 Å². The molecular formula is C21H27N3O3. The van der Waals surface area contributed by atoms with Gasteiger partial charge in [-0.3, -0.25) is 9.69 Å². The Kier molecular flexibility index (Phi) is 5.43. The summed E-state index contributed by atoms with van der Waals surface area (Å²) in [5.74, 6) is 1.50. The van der Waals surface area contributed by atoms with Crippen LogP contribution in [0.2, 0.25) is 0 Å². The fourth-order valence-corrected chi connectivity index (χ4v) is 3.72. The molecule has 1 aromatic heterocycles. The molecule has 0 radical (unpaired) electrons. The summed E-state index contributed by atoms with van der Waals surface area (Å²) in [6.45, 7) is 3.04. The number of amides is 1. The molecule has 144 valence electrons. The topological polar surface area (TPSA) is 58.8 Å². The molecule has 0 N–H and O–H groups in total. The molecule has 1 aliphatic carbocycles. The number of oxazole rings is 1. The summed E-state index contributed by atoms with van der Waals surface area (Å²) >= 11 is 0. The molecule has 1 saturated heterocycles. The van der Waals surface area contributed by atoms with Crippen LogP contribution in [-0.2, 0) is 13.1 Å². The average molecular weight is 369 g/mol. The number of para-hydroxylation sites is 1. The van der Waals surface area contributed by atoms with Crippen molar-refractivity contribution in [2.24, 2.45) is 0 Å². The molecule has 1 saturated carbocycles. The van der Waals surface area contributed by atoms with Crippen molar-refractivity contribution in [3.05, 3.63) is 47.7 Å². The van der Waals surface area contributed by atoms with Crippen LogP contribution in [0.4, 0.5) is 0 Å². The van der Waals surface area contributed by atoms with Gasteiger partial charge in [-0.05, 0) is 38.2 Å². The van der Waals surface area contributed by atoms with Gasteiger partial charge in [0.15, 0.2) is 5.69 Å². The predicted molar refractivity (Wildman–Crippen MR) is 102 cm³/mol. The second kappa shape index (κ2) is 8.13. The van der Waals surface area contributed by atoms with Gasteiger partial charge in [0.25, 0.3) is 5.91 Å². The van der Waals surface area contributed by atoms with Crippen LogP contribution in [0.15, 0.2) is 34.9 Å². The number of methoxy groups -OCH3 is 1. The Hall–Kier alpha value is -2.34. The minimum atomic E-state index is -0.00704. The number of likely N-dealkylation sites (tertiary alicyclic amines) is 1. The lowest BCUT2D eigenvalue weighted by atomic mass is 10.1. The van der Waals surface area contributed by atoms with Gasteiger partial charge in [-0.2, -0.15) is 0 Å². The molecule has 27 heavy (non-hydrogen) atoms. The summed E-state index contributed by atoms with van der Waals surface area (Å²) in [6.07, 6.45) is 7.24. The molecule has 2 aliphatic rings. The fraction of sp³-hybridized carbons (Fsp3) is 0.524. The minimum Gasteiger partial charge on any atom is -0.496 e. The minimum absolute atomic E-state index is 0.00704. The highest BCUT2D eigenvalue weighted by Gasteiger charge is 2.31. The van der Waals surface area contributed by atoms with Gasteiger partial charge in [-0.15, -0.1) is 0 Å². The summed E-state index contributed by atoms with van der Waals surface area (Å²) < 4.78 is 11.1. The largest absolute Gasteiger partial charge is 0.496 e. The van der Waals surface area contributed by atoms with E-state index in [9.17, 15) is 4.79 Å². The van der Waals surface area contributed by atoms with Crippen LogP contribution in [0, 0.1) is 0 Å². The Morgan fingerprint density at radius 2 is 2.00 bits per heavy atom. The van der Waals surface area contributed by atoms with Crippen molar-refractivity contribution >= 4 is 5.91 Å². The number of piperidine rings is 1. The first-order valence-corrected chi connectivity index (χ1v) is 9.84. The Morgan fingerprint density at radius 1 is 1.22 bits per heavy atom. The molecule has 1 aliphatic heterocycles. The van der Waals surface area contributed by atoms with E-state index in [1.165, 1.54) is 25.5 Å². The number of carbonyl (C=O) groups excluding carboxylic acids is 1. The molecule has 0 bridgehead atoms. The number of ether oxygens (including phenoxy) is 1. The van der Waals surface area contributed by atoms with Crippen molar-refractivity contribution in [3.63, 3.8) is 0 Å². The molecule has 1 amide bonds. The summed E-state index contributed by atoms with van der Waals surface area (Å²) in [7, 11) is 1.70. The molecule has 2 fully saturated rings. The van der Waals surface area contributed by atoms with Gasteiger partial charge < -0.3 is 14.1 Å². The zero-order chi connectivity index (χ0) is 18.6. The lowest BCUT2D eigenvalue weighted by molar-refractivity contribution is 0.0718. The number of hydrogen-bond acceptors (Lipinski definition) is 5. The lowest BCUT2D eigenvalue weighted by Gasteiger charge is -2.25. The SMILES string of the molecule is COc1ccccc1CN(Cc1nc(C(=O)N2CCCCC2)co1)C1CC1. The molecule has 1 aromatic carbocycles. The Balaban J connectivity index is 1.43. The Morgan fingerprint density at radius 3 is 2.74 bits per heavy atom. The van der Waals surface area contributed by atoms with Gasteiger partial charge in [-0.25, -0.2) is 4.98 Å². The maximum absolute atomic E-state index is 12.6. The highest BCUT2D eigenvalue weighted by Crippen LogP contribution is 2.31. The smallest absolute Gasteiger partial charge is 0.275 e. The van der Waals surface area contributed by atoms with E-state index in [-0.39, 0.29) is 5.91 Å². The zero-order valence-electron chi connectivity index (χ0n) is 15.9. The van der Waals surface area contributed by atoms with Gasteiger partial charge in [0.05, 0.1) is 13.7 Å². The molecule has 0 spiro atoms. The van der Waals surface area contributed by atoms with E-state index in [1.54, 1.807) is 7.11 Å². The summed E-state index contributed by atoms with van der Waals surface area (Å²) in [5, 5.41) is 0. The predicted octanol–water partition coefficient (Wildman–Crippen LogP) is 3.47. The first-order valence-electron chi connectivity index (χ1n) is 9.84. The molecule has 4 rings (SSSR count). The fourth-order valence-electron chi connectivity index (χ4n) is 3.72. The van der Waals surface area contributed by atoms with E-state index < -0.39 is 0 Å². The second-order valence-electron chi connectivity index (χ2n) is 7.43. The average Bonchev–Trinajstić information content (AvgIpc) is 3.47. The zero-order valence-corrected chi connectivity index (χ0v) is 15.9. The number of aromatic nitrogens is 1. The highest BCUT2D eigenvalue weighted by atomic mass is 16.5. The normalized spacial score (nSPS) is 17.3. The first kappa shape index (κ1) is 18.0. The van der Waals surface area contributed by atoms with Crippen molar-refractivity contribution in [2.75, 3.05) is 20.2 Å². The van der Waals surface area contributed by atoms with Gasteiger partial charge >= 0.3 is 0 Å². The third-order valence-corrected chi connectivity index (χ3v) is 5.38. The molecule has 0 atom stereocenters. The van der Waals surface area contributed by atoms with Crippen LogP contribution in [0.25, 0.3) is 0 Å². The van der Waals surface area contributed by atoms with Crippen LogP contribution in [-0.4, -0.2) is 46.9 Å². The van der Waals surface area contributed by atoms with Gasteiger partial charge in [-0.1, -0.05) is 18.2 Å². The first-order chi connectivity index (χ1) is 13.2. The molecule has 6 heteroatoms. The van der Waals surface area contributed by atoms with E-state index in [1.807, 2.05) is 23.1 Å². The number of carbonyl (C=O) groups is 1. The third kappa shape index (κ3) is 4.33. The second-order valence-corrected chi connectivity index (χ2v) is 7.43. The van der Waals surface area contributed by atoms with Crippen molar-refractivity contribution < 1.29 is 13.9 Å². The third-order valence-electron chi connectivity index (χ3n) is 5.38.